The highest BCUT2D eigenvalue weighted by Gasteiger charge is 2.27. The summed E-state index contributed by atoms with van der Waals surface area (Å²) in [5.41, 5.74) is 1.38. The van der Waals surface area contributed by atoms with Crippen LogP contribution in [0.5, 0.6) is 0 Å². The molecule has 0 N–H and O–H groups in total. The van der Waals surface area contributed by atoms with E-state index < -0.39 is 0 Å². The highest BCUT2D eigenvalue weighted by atomic mass is 16.3. The van der Waals surface area contributed by atoms with E-state index >= 15 is 0 Å². The molecular weight excluding hydrogens is 210 g/mol. The molecule has 2 nitrogen and oxygen atoms in total. The Morgan fingerprint density at radius 2 is 2.00 bits per heavy atom. The van der Waals surface area contributed by atoms with Crippen LogP contribution in [0.25, 0.3) is 0 Å². The maximum absolute atomic E-state index is 5.54. The van der Waals surface area contributed by atoms with Crippen molar-refractivity contribution in [2.24, 2.45) is 0 Å². The molecule has 1 aromatic carbocycles. The minimum atomic E-state index is 0.463. The molecule has 2 heteroatoms. The number of nitrogens with zero attached hydrogens (tertiary/aromatic N) is 1. The SMILES string of the molecule is c1ccc(CN2CCC[C@@H]2c2ccco2)cc1. The first-order chi connectivity index (χ1) is 8.43. The monoisotopic (exact) mass is 227 g/mol. The molecule has 0 spiro atoms. The van der Waals surface area contributed by atoms with E-state index in [1.54, 1.807) is 6.26 Å². The van der Waals surface area contributed by atoms with E-state index in [1.165, 1.54) is 24.9 Å². The smallest absolute Gasteiger partial charge is 0.120 e. The summed E-state index contributed by atoms with van der Waals surface area (Å²) in [4.78, 5) is 2.51. The number of hydrogen-bond acceptors (Lipinski definition) is 2. The summed E-state index contributed by atoms with van der Waals surface area (Å²) in [6.45, 7) is 2.19. The van der Waals surface area contributed by atoms with Crippen LogP contribution in [0.15, 0.2) is 53.1 Å². The third-order valence-corrected chi connectivity index (χ3v) is 3.46. The normalized spacial score (nSPS) is 20.8. The van der Waals surface area contributed by atoms with Crippen LogP contribution in [0.3, 0.4) is 0 Å². The Labute approximate surface area is 102 Å². The molecule has 1 aliphatic rings. The highest BCUT2D eigenvalue weighted by molar-refractivity contribution is 5.16. The van der Waals surface area contributed by atoms with Gasteiger partial charge in [0.05, 0.1) is 12.3 Å². The number of rotatable bonds is 3. The Balaban J connectivity index is 1.75. The minimum Gasteiger partial charge on any atom is -0.468 e. The van der Waals surface area contributed by atoms with Gasteiger partial charge in [0.15, 0.2) is 0 Å². The van der Waals surface area contributed by atoms with Crippen molar-refractivity contribution in [1.82, 2.24) is 4.90 Å². The molecular formula is C15H17NO. The lowest BCUT2D eigenvalue weighted by Crippen LogP contribution is -2.22. The molecule has 88 valence electrons. The summed E-state index contributed by atoms with van der Waals surface area (Å²) in [5.74, 6) is 1.11. The third-order valence-electron chi connectivity index (χ3n) is 3.46. The molecule has 0 radical (unpaired) electrons. The zero-order valence-electron chi connectivity index (χ0n) is 9.88. The van der Waals surface area contributed by atoms with Crippen LogP contribution >= 0.6 is 0 Å². The van der Waals surface area contributed by atoms with Gasteiger partial charge in [0.25, 0.3) is 0 Å². The van der Waals surface area contributed by atoms with Crippen molar-refractivity contribution in [2.75, 3.05) is 6.54 Å². The van der Waals surface area contributed by atoms with Crippen molar-refractivity contribution in [1.29, 1.82) is 0 Å². The molecule has 1 fully saturated rings. The summed E-state index contributed by atoms with van der Waals surface area (Å²) >= 11 is 0. The molecule has 2 aromatic rings. The van der Waals surface area contributed by atoms with Gasteiger partial charge in [-0.1, -0.05) is 30.3 Å². The Bertz CT molecular complexity index is 449. The van der Waals surface area contributed by atoms with Crippen LogP contribution < -0.4 is 0 Å². The Morgan fingerprint density at radius 1 is 1.12 bits per heavy atom. The molecule has 1 aliphatic heterocycles. The molecule has 2 heterocycles. The van der Waals surface area contributed by atoms with Crippen LogP contribution in [-0.2, 0) is 6.54 Å². The summed E-state index contributed by atoms with van der Waals surface area (Å²) in [5, 5.41) is 0. The quantitative estimate of drug-likeness (QED) is 0.796. The minimum absolute atomic E-state index is 0.463. The zero-order chi connectivity index (χ0) is 11.5. The molecule has 3 rings (SSSR count). The van der Waals surface area contributed by atoms with Crippen molar-refractivity contribution >= 4 is 0 Å². The Kier molecular flexibility index (Phi) is 2.97. The average Bonchev–Trinajstić information content (AvgIpc) is 3.00. The van der Waals surface area contributed by atoms with Crippen LogP contribution in [0.2, 0.25) is 0 Å². The molecule has 0 unspecified atom stereocenters. The molecule has 0 bridgehead atoms. The Morgan fingerprint density at radius 3 is 2.76 bits per heavy atom. The first-order valence-corrected chi connectivity index (χ1v) is 6.25. The topological polar surface area (TPSA) is 16.4 Å². The van der Waals surface area contributed by atoms with Gasteiger partial charge >= 0.3 is 0 Å². The lowest BCUT2D eigenvalue weighted by molar-refractivity contribution is 0.221. The van der Waals surface area contributed by atoms with Crippen molar-refractivity contribution in [3.63, 3.8) is 0 Å². The summed E-state index contributed by atoms with van der Waals surface area (Å²) in [6.07, 6.45) is 4.24. The molecule has 0 amide bonds. The van der Waals surface area contributed by atoms with Gasteiger partial charge in [-0.3, -0.25) is 4.90 Å². The second-order valence-corrected chi connectivity index (χ2v) is 4.63. The third kappa shape index (κ3) is 2.27. The second-order valence-electron chi connectivity index (χ2n) is 4.63. The fourth-order valence-corrected chi connectivity index (χ4v) is 2.64. The van der Waals surface area contributed by atoms with Gasteiger partial charge in [-0.25, -0.2) is 0 Å². The highest BCUT2D eigenvalue weighted by Crippen LogP contribution is 2.33. The fourth-order valence-electron chi connectivity index (χ4n) is 2.64. The molecule has 1 aromatic heterocycles. The first kappa shape index (κ1) is 10.6. The van der Waals surface area contributed by atoms with E-state index in [2.05, 4.69) is 41.3 Å². The van der Waals surface area contributed by atoms with Gasteiger partial charge in [-0.05, 0) is 37.1 Å². The van der Waals surface area contributed by atoms with Gasteiger partial charge in [-0.15, -0.1) is 0 Å². The van der Waals surface area contributed by atoms with Crippen molar-refractivity contribution in [2.45, 2.75) is 25.4 Å². The number of hydrogen-bond donors (Lipinski definition) is 0. The molecule has 17 heavy (non-hydrogen) atoms. The van der Waals surface area contributed by atoms with Crippen LogP contribution in [0.4, 0.5) is 0 Å². The number of furan rings is 1. The standard InChI is InChI=1S/C15H17NO/c1-2-6-13(7-3-1)12-16-10-4-8-14(16)15-9-5-11-17-15/h1-3,5-7,9,11,14H,4,8,10,12H2/t14-/m1/s1. The van der Waals surface area contributed by atoms with Crippen molar-refractivity contribution in [3.05, 3.63) is 60.1 Å². The van der Waals surface area contributed by atoms with E-state index in [4.69, 9.17) is 4.42 Å². The average molecular weight is 227 g/mol. The van der Waals surface area contributed by atoms with E-state index in [9.17, 15) is 0 Å². The maximum Gasteiger partial charge on any atom is 0.120 e. The predicted molar refractivity (Wildman–Crippen MR) is 67.5 cm³/mol. The van der Waals surface area contributed by atoms with Crippen molar-refractivity contribution < 1.29 is 4.42 Å². The van der Waals surface area contributed by atoms with Gasteiger partial charge in [0, 0.05) is 6.54 Å². The molecule has 1 saturated heterocycles. The van der Waals surface area contributed by atoms with Gasteiger partial charge in [0.2, 0.25) is 0 Å². The van der Waals surface area contributed by atoms with Crippen LogP contribution in [-0.4, -0.2) is 11.4 Å². The van der Waals surface area contributed by atoms with E-state index in [0.29, 0.717) is 6.04 Å². The van der Waals surface area contributed by atoms with Crippen LogP contribution in [0.1, 0.15) is 30.2 Å². The first-order valence-electron chi connectivity index (χ1n) is 6.25. The summed E-state index contributed by atoms with van der Waals surface area (Å²) in [7, 11) is 0. The second kappa shape index (κ2) is 4.76. The molecule has 0 saturated carbocycles. The van der Waals surface area contributed by atoms with Crippen molar-refractivity contribution in [3.8, 4) is 0 Å². The molecule has 1 atom stereocenters. The summed E-state index contributed by atoms with van der Waals surface area (Å²) < 4.78 is 5.54. The molecule has 0 aliphatic carbocycles. The zero-order valence-corrected chi connectivity index (χ0v) is 9.88. The lowest BCUT2D eigenvalue weighted by atomic mass is 10.1. The van der Waals surface area contributed by atoms with Gasteiger partial charge < -0.3 is 4.42 Å². The summed E-state index contributed by atoms with van der Waals surface area (Å²) in [6, 6.07) is 15.2. The Hall–Kier alpha value is -1.54. The number of benzene rings is 1. The van der Waals surface area contributed by atoms with Gasteiger partial charge in [-0.2, -0.15) is 0 Å². The number of likely N-dealkylation sites (tertiary alicyclic amines) is 1. The maximum atomic E-state index is 5.54. The fraction of sp³-hybridized carbons (Fsp3) is 0.333. The largest absolute Gasteiger partial charge is 0.468 e. The predicted octanol–water partition coefficient (Wildman–Crippen LogP) is 3.62. The van der Waals surface area contributed by atoms with E-state index in [1.807, 2.05) is 6.07 Å². The van der Waals surface area contributed by atoms with E-state index in [-0.39, 0.29) is 0 Å². The lowest BCUT2D eigenvalue weighted by Gasteiger charge is -2.22. The van der Waals surface area contributed by atoms with E-state index in [0.717, 1.165) is 12.3 Å². The van der Waals surface area contributed by atoms with Crippen LogP contribution in [0, 0.1) is 0 Å². The van der Waals surface area contributed by atoms with Gasteiger partial charge in [0.1, 0.15) is 5.76 Å².